The lowest BCUT2D eigenvalue weighted by Crippen LogP contribution is -2.59. The van der Waals surface area contributed by atoms with Gasteiger partial charge in [-0.25, -0.2) is 4.79 Å². The summed E-state index contributed by atoms with van der Waals surface area (Å²) in [5, 5.41) is 3.01. The van der Waals surface area contributed by atoms with E-state index in [2.05, 4.69) is 31.8 Å². The highest BCUT2D eigenvalue weighted by Crippen LogP contribution is 2.42. The summed E-state index contributed by atoms with van der Waals surface area (Å²) in [6.07, 6.45) is 3.15. The maximum atomic E-state index is 12.8. The van der Waals surface area contributed by atoms with Gasteiger partial charge < -0.3 is 5.32 Å². The fourth-order valence-corrected chi connectivity index (χ4v) is 3.60. The van der Waals surface area contributed by atoms with Crippen molar-refractivity contribution < 1.29 is 9.59 Å². The van der Waals surface area contributed by atoms with E-state index in [0.717, 1.165) is 19.3 Å². The molecule has 3 unspecified atom stereocenters. The van der Waals surface area contributed by atoms with Crippen LogP contribution in [0.1, 0.15) is 40.0 Å². The van der Waals surface area contributed by atoms with E-state index in [-0.39, 0.29) is 29.7 Å². The van der Waals surface area contributed by atoms with Gasteiger partial charge in [0.1, 0.15) is 5.54 Å². The molecule has 1 heterocycles. The van der Waals surface area contributed by atoms with Crippen molar-refractivity contribution in [3.8, 4) is 0 Å². The molecular weight excluding hydrogens is 260 g/mol. The van der Waals surface area contributed by atoms with Crippen LogP contribution in [0.3, 0.4) is 0 Å². The Labute approximate surface area is 120 Å². The molecule has 5 heteroatoms. The highest BCUT2D eigenvalue weighted by Gasteiger charge is 2.58. The first kappa shape index (κ1) is 14.7. The Kier molecular flexibility index (Phi) is 4.14. The van der Waals surface area contributed by atoms with E-state index in [0.29, 0.717) is 12.3 Å². The van der Waals surface area contributed by atoms with E-state index in [1.165, 1.54) is 4.90 Å². The van der Waals surface area contributed by atoms with Crippen LogP contribution < -0.4 is 5.32 Å². The van der Waals surface area contributed by atoms with Crippen molar-refractivity contribution >= 4 is 24.6 Å². The molecule has 0 aromatic heterocycles. The van der Waals surface area contributed by atoms with Gasteiger partial charge in [0.2, 0.25) is 0 Å². The molecule has 0 bridgehead atoms. The van der Waals surface area contributed by atoms with Gasteiger partial charge in [-0.1, -0.05) is 27.2 Å². The van der Waals surface area contributed by atoms with Gasteiger partial charge >= 0.3 is 6.03 Å². The van der Waals surface area contributed by atoms with Gasteiger partial charge in [-0.05, 0) is 36.3 Å². The largest absolute Gasteiger partial charge is 0.325 e. The van der Waals surface area contributed by atoms with Crippen molar-refractivity contribution in [1.29, 1.82) is 0 Å². The summed E-state index contributed by atoms with van der Waals surface area (Å²) in [5.41, 5.74) is -0.661. The molecule has 1 aliphatic heterocycles. The monoisotopic (exact) mass is 284 g/mol. The fourth-order valence-electron chi connectivity index (χ4n) is 3.49. The fraction of sp³-hybridized carbons (Fsp3) is 0.857. The third kappa shape index (κ3) is 2.26. The van der Waals surface area contributed by atoms with E-state index in [4.69, 9.17) is 0 Å². The molecule has 3 amide bonds. The van der Waals surface area contributed by atoms with Gasteiger partial charge in [-0.2, -0.15) is 12.6 Å². The Morgan fingerprint density at radius 3 is 2.47 bits per heavy atom. The van der Waals surface area contributed by atoms with Gasteiger partial charge in [-0.3, -0.25) is 9.69 Å². The number of amides is 3. The van der Waals surface area contributed by atoms with E-state index >= 15 is 0 Å². The quantitative estimate of drug-likeness (QED) is 0.617. The predicted molar refractivity (Wildman–Crippen MR) is 78.2 cm³/mol. The number of thiol groups is 1. The first-order chi connectivity index (χ1) is 8.93. The molecule has 2 rings (SSSR count). The minimum Gasteiger partial charge on any atom is -0.323 e. The van der Waals surface area contributed by atoms with Gasteiger partial charge in [0.25, 0.3) is 5.91 Å². The van der Waals surface area contributed by atoms with Crippen molar-refractivity contribution in [2.75, 3.05) is 12.3 Å². The zero-order valence-corrected chi connectivity index (χ0v) is 12.9. The molecular formula is C14H24N2O2S. The van der Waals surface area contributed by atoms with Crippen LogP contribution in [-0.2, 0) is 4.79 Å². The molecule has 0 radical (unpaired) electrons. The third-order valence-electron chi connectivity index (χ3n) is 4.79. The van der Waals surface area contributed by atoms with Crippen molar-refractivity contribution in [2.24, 2.45) is 17.8 Å². The number of hydrogen-bond donors (Lipinski definition) is 2. The molecule has 19 heavy (non-hydrogen) atoms. The van der Waals surface area contributed by atoms with Crippen molar-refractivity contribution in [1.82, 2.24) is 10.2 Å². The summed E-state index contributed by atoms with van der Waals surface area (Å²) in [5.74, 6) is 1.30. The molecule has 0 aromatic rings. The molecule has 3 atom stereocenters. The third-order valence-corrected chi connectivity index (χ3v) is 5.42. The number of rotatable bonds is 3. The van der Waals surface area contributed by atoms with Crippen LogP contribution in [0.5, 0.6) is 0 Å². The summed E-state index contributed by atoms with van der Waals surface area (Å²) < 4.78 is 0. The van der Waals surface area contributed by atoms with Crippen molar-refractivity contribution in [2.45, 2.75) is 45.6 Å². The van der Waals surface area contributed by atoms with Crippen molar-refractivity contribution in [3.05, 3.63) is 0 Å². The molecule has 1 saturated carbocycles. The molecule has 108 valence electrons. The molecule has 0 aromatic carbocycles. The second kappa shape index (κ2) is 5.35. The van der Waals surface area contributed by atoms with Crippen LogP contribution in [-0.4, -0.2) is 34.7 Å². The van der Waals surface area contributed by atoms with Gasteiger partial charge in [0, 0.05) is 6.54 Å². The minimum atomic E-state index is -0.661. The van der Waals surface area contributed by atoms with E-state index in [1.54, 1.807) is 0 Å². The first-order valence-electron chi connectivity index (χ1n) is 7.18. The van der Waals surface area contributed by atoms with Gasteiger partial charge in [-0.15, -0.1) is 0 Å². The average Bonchev–Trinajstić information content (AvgIpc) is 2.62. The summed E-state index contributed by atoms with van der Waals surface area (Å²) in [4.78, 5) is 26.4. The summed E-state index contributed by atoms with van der Waals surface area (Å²) in [6, 6.07) is -0.223. The number of hydrogen-bond acceptors (Lipinski definition) is 3. The van der Waals surface area contributed by atoms with Crippen LogP contribution in [0, 0.1) is 17.8 Å². The summed E-state index contributed by atoms with van der Waals surface area (Å²) in [7, 11) is 0. The molecule has 4 nitrogen and oxygen atoms in total. The van der Waals surface area contributed by atoms with E-state index in [1.807, 2.05) is 6.92 Å². The molecule has 1 aliphatic carbocycles. The van der Waals surface area contributed by atoms with Crippen LogP contribution in [0.2, 0.25) is 0 Å². The van der Waals surface area contributed by atoms with Crippen LogP contribution in [0.15, 0.2) is 0 Å². The van der Waals surface area contributed by atoms with E-state index < -0.39 is 5.54 Å². The van der Waals surface area contributed by atoms with Crippen LogP contribution in [0.25, 0.3) is 0 Å². The second-order valence-corrected chi connectivity index (χ2v) is 6.60. The lowest BCUT2D eigenvalue weighted by molar-refractivity contribution is -0.136. The molecule has 1 N–H and O–H groups in total. The molecule has 1 saturated heterocycles. The highest BCUT2D eigenvalue weighted by molar-refractivity contribution is 7.80. The number of imide groups is 1. The Bertz CT molecular complexity index is 376. The minimum absolute atomic E-state index is 0.0224. The lowest BCUT2D eigenvalue weighted by atomic mass is 9.67. The van der Waals surface area contributed by atoms with Crippen LogP contribution in [0.4, 0.5) is 4.79 Å². The zero-order chi connectivity index (χ0) is 14.2. The van der Waals surface area contributed by atoms with Gasteiger partial charge in [0.05, 0.1) is 0 Å². The summed E-state index contributed by atoms with van der Waals surface area (Å²) >= 11 is 4.23. The van der Waals surface area contributed by atoms with Crippen LogP contribution >= 0.6 is 12.6 Å². The molecule has 2 fully saturated rings. The number of nitrogens with zero attached hydrogens (tertiary/aromatic N) is 1. The smallest absolute Gasteiger partial charge is 0.323 e. The highest BCUT2D eigenvalue weighted by atomic mass is 32.1. The first-order valence-corrected chi connectivity index (χ1v) is 7.81. The second-order valence-electron chi connectivity index (χ2n) is 6.24. The maximum Gasteiger partial charge on any atom is 0.325 e. The van der Waals surface area contributed by atoms with E-state index in [9.17, 15) is 9.59 Å². The number of carbonyl (C=O) groups is 2. The standard InChI is InChI=1S/C14H24N2O2S/c1-9(8-19)7-16-12(17)14(15-13(16)18)10(2)5-4-6-11(14)3/h9-11,19H,4-8H2,1-3H3,(H,15,18). The molecule has 1 spiro atoms. The number of nitrogens with one attached hydrogen (secondary N) is 1. The van der Waals surface area contributed by atoms with Crippen molar-refractivity contribution in [3.63, 3.8) is 0 Å². The Balaban J connectivity index is 2.25. The average molecular weight is 284 g/mol. The Hall–Kier alpha value is -0.710. The van der Waals surface area contributed by atoms with Gasteiger partial charge in [0.15, 0.2) is 0 Å². The Morgan fingerprint density at radius 2 is 1.95 bits per heavy atom. The topological polar surface area (TPSA) is 49.4 Å². The maximum absolute atomic E-state index is 12.8. The SMILES string of the molecule is CC(CS)CN1C(=O)NC2(C1=O)C(C)CCCC2C. The number of carbonyl (C=O) groups excluding carboxylic acids is 2. The number of urea groups is 1. The Morgan fingerprint density at radius 1 is 1.37 bits per heavy atom. The lowest BCUT2D eigenvalue weighted by Gasteiger charge is -2.42. The predicted octanol–water partition coefficient (Wildman–Crippen LogP) is 2.30. The molecule has 2 aliphatic rings. The zero-order valence-electron chi connectivity index (χ0n) is 12.0. The normalized spacial score (nSPS) is 36.7. The summed E-state index contributed by atoms with van der Waals surface area (Å²) in [6.45, 7) is 6.64.